The molecule has 2 heteroatoms. The lowest BCUT2D eigenvalue weighted by Crippen LogP contribution is -2.57. The average molecular weight is 180 g/mol. The predicted molar refractivity (Wildman–Crippen MR) is 56.5 cm³/mol. The Kier molecular flexibility index (Phi) is 3.77. The largest absolute Gasteiger partial charge is 0.311 e. The van der Waals surface area contributed by atoms with E-state index in [1.54, 1.807) is 0 Å². The van der Waals surface area contributed by atoms with Gasteiger partial charge in [-0.05, 0) is 20.3 Å². The Morgan fingerprint density at radius 1 is 1.69 bits per heavy atom. The molecule has 0 bridgehead atoms. The number of terminal acetylenes is 1. The van der Waals surface area contributed by atoms with Crippen LogP contribution in [0.25, 0.3) is 0 Å². The van der Waals surface area contributed by atoms with Crippen LogP contribution in [0.15, 0.2) is 0 Å². The summed E-state index contributed by atoms with van der Waals surface area (Å²) in [4.78, 5) is 2.43. The van der Waals surface area contributed by atoms with Crippen LogP contribution in [0.2, 0.25) is 0 Å². The molecular weight excluding hydrogens is 160 g/mol. The van der Waals surface area contributed by atoms with E-state index in [1.165, 1.54) is 6.42 Å². The first-order valence-electron chi connectivity index (χ1n) is 5.14. The second kappa shape index (κ2) is 4.64. The van der Waals surface area contributed by atoms with Crippen molar-refractivity contribution in [3.05, 3.63) is 0 Å². The van der Waals surface area contributed by atoms with Crippen molar-refractivity contribution in [1.29, 1.82) is 0 Å². The van der Waals surface area contributed by atoms with Crippen molar-refractivity contribution >= 4 is 0 Å². The first-order valence-corrected chi connectivity index (χ1v) is 5.14. The third-order valence-electron chi connectivity index (χ3n) is 2.87. The van der Waals surface area contributed by atoms with Crippen molar-refractivity contribution in [1.82, 2.24) is 10.2 Å². The van der Waals surface area contributed by atoms with Crippen LogP contribution in [0, 0.1) is 12.3 Å². The molecule has 1 aliphatic heterocycles. The Morgan fingerprint density at radius 2 is 2.38 bits per heavy atom. The Balaban J connectivity index is 2.60. The summed E-state index contributed by atoms with van der Waals surface area (Å²) in [5, 5.41) is 3.48. The molecule has 1 aliphatic rings. The molecule has 1 fully saturated rings. The number of hydrogen-bond donors (Lipinski definition) is 1. The highest BCUT2D eigenvalue weighted by atomic mass is 15.2. The van der Waals surface area contributed by atoms with E-state index in [4.69, 9.17) is 6.42 Å². The summed E-state index contributed by atoms with van der Waals surface area (Å²) in [7, 11) is 0. The molecule has 1 N–H and O–H groups in total. The van der Waals surface area contributed by atoms with Gasteiger partial charge in [-0.1, -0.05) is 12.8 Å². The first kappa shape index (κ1) is 10.6. The van der Waals surface area contributed by atoms with Gasteiger partial charge in [0.2, 0.25) is 0 Å². The van der Waals surface area contributed by atoms with E-state index in [0.29, 0.717) is 12.1 Å². The van der Waals surface area contributed by atoms with Gasteiger partial charge < -0.3 is 5.32 Å². The molecule has 0 aromatic rings. The van der Waals surface area contributed by atoms with E-state index >= 15 is 0 Å². The second-order valence-electron chi connectivity index (χ2n) is 3.91. The Morgan fingerprint density at radius 3 is 2.92 bits per heavy atom. The third kappa shape index (κ3) is 2.46. The SMILES string of the molecule is C#CC(C)N1CC(C)NCC1CC. The van der Waals surface area contributed by atoms with Gasteiger partial charge in [-0.2, -0.15) is 0 Å². The standard InChI is InChI=1S/C11H20N2/c1-5-10(4)13-8-9(3)12-7-11(13)6-2/h1,9-12H,6-8H2,2-4H3. The van der Waals surface area contributed by atoms with Crippen molar-refractivity contribution in [3.63, 3.8) is 0 Å². The van der Waals surface area contributed by atoms with Gasteiger partial charge in [0, 0.05) is 25.2 Å². The molecule has 0 aromatic heterocycles. The predicted octanol–water partition coefficient (Wildman–Crippen LogP) is 1.08. The van der Waals surface area contributed by atoms with E-state index in [1.807, 2.05) is 0 Å². The fourth-order valence-electron chi connectivity index (χ4n) is 1.93. The molecule has 13 heavy (non-hydrogen) atoms. The lowest BCUT2D eigenvalue weighted by molar-refractivity contribution is 0.114. The average Bonchev–Trinajstić information content (AvgIpc) is 2.16. The molecule has 2 nitrogen and oxygen atoms in total. The normalized spacial score (nSPS) is 32.5. The molecule has 3 unspecified atom stereocenters. The van der Waals surface area contributed by atoms with Crippen molar-refractivity contribution in [3.8, 4) is 12.3 Å². The van der Waals surface area contributed by atoms with Crippen LogP contribution < -0.4 is 5.32 Å². The molecular formula is C11H20N2. The van der Waals surface area contributed by atoms with Gasteiger partial charge in [-0.3, -0.25) is 4.90 Å². The molecule has 0 radical (unpaired) electrons. The number of nitrogens with zero attached hydrogens (tertiary/aromatic N) is 1. The minimum Gasteiger partial charge on any atom is -0.311 e. The van der Waals surface area contributed by atoms with Crippen LogP contribution in [0.3, 0.4) is 0 Å². The monoisotopic (exact) mass is 180 g/mol. The molecule has 0 aromatic carbocycles. The van der Waals surface area contributed by atoms with Crippen molar-refractivity contribution in [2.75, 3.05) is 13.1 Å². The van der Waals surface area contributed by atoms with Crippen LogP contribution in [-0.2, 0) is 0 Å². The number of hydrogen-bond acceptors (Lipinski definition) is 2. The lowest BCUT2D eigenvalue weighted by Gasteiger charge is -2.40. The maximum Gasteiger partial charge on any atom is 0.0686 e. The molecule has 74 valence electrons. The molecule has 1 saturated heterocycles. The number of nitrogens with one attached hydrogen (secondary N) is 1. The highest BCUT2D eigenvalue weighted by molar-refractivity contribution is 5.01. The molecule has 0 amide bonds. The zero-order valence-electron chi connectivity index (χ0n) is 8.88. The Bertz CT molecular complexity index is 195. The molecule has 3 atom stereocenters. The number of piperazine rings is 1. The van der Waals surface area contributed by atoms with E-state index < -0.39 is 0 Å². The van der Waals surface area contributed by atoms with Crippen LogP contribution in [-0.4, -0.2) is 36.1 Å². The van der Waals surface area contributed by atoms with Crippen LogP contribution in [0.5, 0.6) is 0 Å². The van der Waals surface area contributed by atoms with Gasteiger partial charge >= 0.3 is 0 Å². The van der Waals surface area contributed by atoms with Crippen molar-refractivity contribution in [2.45, 2.75) is 45.3 Å². The summed E-state index contributed by atoms with van der Waals surface area (Å²) in [5.41, 5.74) is 0. The molecule has 0 saturated carbocycles. The van der Waals surface area contributed by atoms with Gasteiger partial charge in [0.15, 0.2) is 0 Å². The van der Waals surface area contributed by atoms with Gasteiger partial charge in [-0.25, -0.2) is 0 Å². The van der Waals surface area contributed by atoms with E-state index in [2.05, 4.69) is 36.9 Å². The highest BCUT2D eigenvalue weighted by Gasteiger charge is 2.26. The Labute approximate surface area is 81.7 Å². The minimum atomic E-state index is 0.273. The summed E-state index contributed by atoms with van der Waals surface area (Å²) in [5.74, 6) is 2.82. The summed E-state index contributed by atoms with van der Waals surface area (Å²) in [6.45, 7) is 8.69. The highest BCUT2D eigenvalue weighted by Crippen LogP contribution is 2.13. The summed E-state index contributed by atoms with van der Waals surface area (Å²) < 4.78 is 0. The van der Waals surface area contributed by atoms with Gasteiger partial charge in [-0.15, -0.1) is 6.42 Å². The van der Waals surface area contributed by atoms with Gasteiger partial charge in [0.25, 0.3) is 0 Å². The van der Waals surface area contributed by atoms with E-state index in [0.717, 1.165) is 13.1 Å². The Hall–Kier alpha value is -0.520. The smallest absolute Gasteiger partial charge is 0.0686 e. The maximum absolute atomic E-state index is 5.45. The van der Waals surface area contributed by atoms with Gasteiger partial charge in [0.1, 0.15) is 0 Å². The van der Waals surface area contributed by atoms with Crippen molar-refractivity contribution in [2.24, 2.45) is 0 Å². The number of rotatable bonds is 2. The zero-order chi connectivity index (χ0) is 9.84. The molecule has 0 spiro atoms. The fraction of sp³-hybridized carbons (Fsp3) is 0.818. The summed E-state index contributed by atoms with van der Waals surface area (Å²) in [6.07, 6.45) is 6.63. The fourth-order valence-corrected chi connectivity index (χ4v) is 1.93. The topological polar surface area (TPSA) is 15.3 Å². The quantitative estimate of drug-likeness (QED) is 0.640. The molecule has 1 heterocycles. The first-order chi connectivity index (χ1) is 6.19. The van der Waals surface area contributed by atoms with Crippen molar-refractivity contribution < 1.29 is 0 Å². The van der Waals surface area contributed by atoms with Crippen LogP contribution in [0.1, 0.15) is 27.2 Å². The minimum absolute atomic E-state index is 0.273. The maximum atomic E-state index is 5.45. The lowest BCUT2D eigenvalue weighted by atomic mass is 10.1. The molecule has 0 aliphatic carbocycles. The van der Waals surface area contributed by atoms with E-state index in [-0.39, 0.29) is 6.04 Å². The van der Waals surface area contributed by atoms with Crippen LogP contribution in [0.4, 0.5) is 0 Å². The van der Waals surface area contributed by atoms with Gasteiger partial charge in [0.05, 0.1) is 6.04 Å². The second-order valence-corrected chi connectivity index (χ2v) is 3.91. The third-order valence-corrected chi connectivity index (χ3v) is 2.87. The van der Waals surface area contributed by atoms with Crippen LogP contribution >= 0.6 is 0 Å². The molecule has 1 rings (SSSR count). The summed E-state index contributed by atoms with van der Waals surface area (Å²) >= 11 is 0. The zero-order valence-corrected chi connectivity index (χ0v) is 8.88. The summed E-state index contributed by atoms with van der Waals surface area (Å²) in [6, 6.07) is 1.45. The van der Waals surface area contributed by atoms with E-state index in [9.17, 15) is 0 Å².